The van der Waals surface area contributed by atoms with Crippen LogP contribution in [0.4, 0.5) is 0 Å². The molecule has 2 N–H and O–H groups in total. The highest BCUT2D eigenvalue weighted by atomic mass is 32.1. The highest BCUT2D eigenvalue weighted by Crippen LogP contribution is 2.19. The Balaban J connectivity index is 1.75. The number of hydrogen-bond donors (Lipinski definition) is 2. The fourth-order valence-electron chi connectivity index (χ4n) is 2.25. The Hall–Kier alpha value is -1.77. The molecule has 0 atom stereocenters. The first-order valence-electron chi connectivity index (χ1n) is 6.62. The van der Waals surface area contributed by atoms with Gasteiger partial charge in [-0.2, -0.15) is 0 Å². The van der Waals surface area contributed by atoms with Gasteiger partial charge in [-0.3, -0.25) is 14.0 Å². The molecule has 0 aliphatic carbocycles. The highest BCUT2D eigenvalue weighted by Gasteiger charge is 2.30. The van der Waals surface area contributed by atoms with Gasteiger partial charge in [0.2, 0.25) is 0 Å². The Morgan fingerprint density at radius 3 is 3.05 bits per heavy atom. The smallest absolute Gasteiger partial charge is 0.271 e. The molecule has 0 radical (unpaired) electrons. The average Bonchev–Trinajstić information content (AvgIpc) is 2.95. The van der Waals surface area contributed by atoms with Crippen molar-refractivity contribution in [3.8, 4) is 0 Å². The van der Waals surface area contributed by atoms with E-state index in [9.17, 15) is 14.7 Å². The lowest BCUT2D eigenvalue weighted by molar-refractivity contribution is -0.0605. The van der Waals surface area contributed by atoms with E-state index >= 15 is 0 Å². The van der Waals surface area contributed by atoms with E-state index in [4.69, 9.17) is 4.74 Å². The molecule has 0 aromatic carbocycles. The van der Waals surface area contributed by atoms with Crippen LogP contribution in [0.5, 0.6) is 0 Å². The predicted molar refractivity (Wildman–Crippen MR) is 76.7 cm³/mol. The molecule has 2 aromatic rings. The van der Waals surface area contributed by atoms with Crippen molar-refractivity contribution < 1.29 is 14.6 Å². The Morgan fingerprint density at radius 1 is 1.52 bits per heavy atom. The van der Waals surface area contributed by atoms with E-state index < -0.39 is 17.1 Å². The zero-order valence-corrected chi connectivity index (χ0v) is 12.1. The van der Waals surface area contributed by atoms with Gasteiger partial charge in [0.25, 0.3) is 11.5 Å². The van der Waals surface area contributed by atoms with Gasteiger partial charge < -0.3 is 15.2 Å². The first kappa shape index (κ1) is 14.2. The third kappa shape index (κ3) is 2.82. The van der Waals surface area contributed by atoms with Crippen molar-refractivity contribution in [3.63, 3.8) is 0 Å². The molecule has 0 unspecified atom stereocenters. The van der Waals surface area contributed by atoms with Crippen LogP contribution < -0.4 is 10.9 Å². The lowest BCUT2D eigenvalue weighted by Gasteiger charge is -2.31. The second kappa shape index (κ2) is 5.55. The van der Waals surface area contributed by atoms with Gasteiger partial charge >= 0.3 is 0 Å². The third-order valence-electron chi connectivity index (χ3n) is 3.59. The average molecular weight is 309 g/mol. The molecule has 1 fully saturated rings. The van der Waals surface area contributed by atoms with Crippen molar-refractivity contribution in [2.24, 2.45) is 0 Å². The van der Waals surface area contributed by atoms with E-state index in [1.807, 2.05) is 0 Å². The summed E-state index contributed by atoms with van der Waals surface area (Å²) in [4.78, 5) is 28.9. The highest BCUT2D eigenvalue weighted by molar-refractivity contribution is 7.15. The standard InChI is InChI=1S/C13H15N3O4S/c17-10(15-8-13(19)1-4-20-5-2-13)9-7-14-12-16(11(9)18)3-6-21-12/h3,6-7,19H,1-2,4-5,8H2,(H,15,17). The molecule has 3 heterocycles. The van der Waals surface area contributed by atoms with E-state index in [1.54, 1.807) is 11.6 Å². The summed E-state index contributed by atoms with van der Waals surface area (Å²) in [5, 5.41) is 14.6. The van der Waals surface area contributed by atoms with Gasteiger partial charge in [0, 0.05) is 50.4 Å². The summed E-state index contributed by atoms with van der Waals surface area (Å²) in [6, 6.07) is 0. The molecule has 1 saturated heterocycles. The van der Waals surface area contributed by atoms with Crippen molar-refractivity contribution in [2.75, 3.05) is 19.8 Å². The van der Waals surface area contributed by atoms with E-state index in [0.29, 0.717) is 31.0 Å². The van der Waals surface area contributed by atoms with Crippen molar-refractivity contribution in [2.45, 2.75) is 18.4 Å². The van der Waals surface area contributed by atoms with Gasteiger partial charge in [-0.15, -0.1) is 11.3 Å². The molecule has 1 aliphatic rings. The lowest BCUT2D eigenvalue weighted by atomic mass is 9.94. The van der Waals surface area contributed by atoms with Crippen LogP contribution in [0.2, 0.25) is 0 Å². The fourth-order valence-corrected chi connectivity index (χ4v) is 2.92. The van der Waals surface area contributed by atoms with Gasteiger partial charge in [0.15, 0.2) is 4.96 Å². The zero-order chi connectivity index (χ0) is 14.9. The number of thiazole rings is 1. The number of amides is 1. The SMILES string of the molecule is O=C(NCC1(O)CCOCC1)c1cnc2sccn2c1=O. The molecule has 112 valence electrons. The molecule has 0 bridgehead atoms. The monoisotopic (exact) mass is 309 g/mol. The van der Waals surface area contributed by atoms with Crippen molar-refractivity contribution >= 4 is 22.2 Å². The Kier molecular flexibility index (Phi) is 3.75. The van der Waals surface area contributed by atoms with Crippen LogP contribution in [0.1, 0.15) is 23.2 Å². The second-order valence-corrected chi connectivity index (χ2v) is 5.93. The number of aromatic nitrogens is 2. The Morgan fingerprint density at radius 2 is 2.29 bits per heavy atom. The summed E-state index contributed by atoms with van der Waals surface area (Å²) >= 11 is 1.32. The number of hydrogen-bond acceptors (Lipinski definition) is 6. The van der Waals surface area contributed by atoms with Crippen molar-refractivity contribution in [1.82, 2.24) is 14.7 Å². The summed E-state index contributed by atoms with van der Waals surface area (Å²) in [6.07, 6.45) is 3.79. The number of carbonyl (C=O) groups excluding carboxylic acids is 1. The van der Waals surface area contributed by atoms with Gasteiger partial charge in [0.1, 0.15) is 5.56 Å². The normalized spacial score (nSPS) is 17.8. The number of fused-ring (bicyclic) bond motifs is 1. The molecular weight excluding hydrogens is 294 g/mol. The minimum atomic E-state index is -0.968. The predicted octanol–water partition coefficient (Wildman–Crippen LogP) is 0.0273. The minimum absolute atomic E-state index is 0.0263. The van der Waals surface area contributed by atoms with Crippen LogP contribution in [-0.4, -0.2) is 45.8 Å². The molecule has 0 saturated carbocycles. The van der Waals surface area contributed by atoms with Crippen LogP contribution in [0.15, 0.2) is 22.6 Å². The summed E-state index contributed by atoms with van der Waals surface area (Å²) in [5.74, 6) is -0.520. The molecule has 2 aromatic heterocycles. The fraction of sp³-hybridized carbons (Fsp3) is 0.462. The second-order valence-electron chi connectivity index (χ2n) is 5.05. The Labute approximate surface area is 124 Å². The summed E-state index contributed by atoms with van der Waals surface area (Å²) < 4.78 is 6.52. The molecule has 0 spiro atoms. The van der Waals surface area contributed by atoms with E-state index in [-0.39, 0.29) is 12.1 Å². The molecule has 1 aliphatic heterocycles. The molecule has 1 amide bonds. The van der Waals surface area contributed by atoms with Crippen molar-refractivity contribution in [1.29, 1.82) is 0 Å². The number of aliphatic hydroxyl groups is 1. The number of carbonyl (C=O) groups is 1. The number of nitrogens with one attached hydrogen (secondary N) is 1. The van der Waals surface area contributed by atoms with Crippen LogP contribution in [0.3, 0.4) is 0 Å². The van der Waals surface area contributed by atoms with Gasteiger partial charge in [-0.25, -0.2) is 4.98 Å². The largest absolute Gasteiger partial charge is 0.388 e. The van der Waals surface area contributed by atoms with Crippen LogP contribution in [0.25, 0.3) is 4.96 Å². The number of nitrogens with zero attached hydrogens (tertiary/aromatic N) is 2. The summed E-state index contributed by atoms with van der Waals surface area (Å²) in [7, 11) is 0. The van der Waals surface area contributed by atoms with E-state index in [0.717, 1.165) is 0 Å². The van der Waals surface area contributed by atoms with Crippen LogP contribution >= 0.6 is 11.3 Å². The maximum Gasteiger partial charge on any atom is 0.271 e. The molecule has 7 nitrogen and oxygen atoms in total. The number of rotatable bonds is 3. The third-order valence-corrected chi connectivity index (χ3v) is 4.36. The maximum absolute atomic E-state index is 12.1. The molecule has 21 heavy (non-hydrogen) atoms. The summed E-state index contributed by atoms with van der Waals surface area (Å²) in [6.45, 7) is 1.04. The number of ether oxygens (including phenoxy) is 1. The molecule has 8 heteroatoms. The molecule has 3 rings (SSSR count). The Bertz CT molecular complexity index is 718. The van der Waals surface area contributed by atoms with E-state index in [2.05, 4.69) is 10.3 Å². The minimum Gasteiger partial charge on any atom is -0.388 e. The topological polar surface area (TPSA) is 92.9 Å². The molecular formula is C13H15N3O4S. The summed E-state index contributed by atoms with van der Waals surface area (Å²) in [5.41, 5.74) is -1.40. The maximum atomic E-state index is 12.1. The lowest BCUT2D eigenvalue weighted by Crippen LogP contribution is -2.47. The first-order chi connectivity index (χ1) is 10.1. The van der Waals surface area contributed by atoms with Gasteiger partial charge in [0.05, 0.1) is 5.60 Å². The quantitative estimate of drug-likeness (QED) is 0.834. The van der Waals surface area contributed by atoms with Gasteiger partial charge in [-0.1, -0.05) is 0 Å². The van der Waals surface area contributed by atoms with Gasteiger partial charge in [-0.05, 0) is 0 Å². The van der Waals surface area contributed by atoms with Crippen molar-refractivity contribution in [3.05, 3.63) is 33.7 Å². The van der Waals surface area contributed by atoms with E-state index in [1.165, 1.54) is 21.9 Å². The first-order valence-corrected chi connectivity index (χ1v) is 7.50. The van der Waals surface area contributed by atoms with Crippen LogP contribution in [-0.2, 0) is 4.74 Å². The zero-order valence-electron chi connectivity index (χ0n) is 11.2. The van der Waals surface area contributed by atoms with Crippen LogP contribution in [0, 0.1) is 0 Å².